The van der Waals surface area contributed by atoms with Crippen molar-refractivity contribution in [2.24, 2.45) is 11.3 Å². The fourth-order valence-electron chi connectivity index (χ4n) is 5.26. The van der Waals surface area contributed by atoms with E-state index in [1.165, 1.54) is 0 Å². The van der Waals surface area contributed by atoms with Crippen LogP contribution in [0, 0.1) is 11.3 Å². The first kappa shape index (κ1) is 28.0. The SMILES string of the molecule is CC(C)(C)[C@H](NC(=O)[C@H](CCCc1ccccc1)CC(=O)NO)C(=O)NC1c2ccccc2-c2ccccc21. The third-order valence-electron chi connectivity index (χ3n) is 7.32. The molecule has 0 spiro atoms. The van der Waals surface area contributed by atoms with Crippen LogP contribution in [0.1, 0.15) is 62.8 Å². The number of nitrogens with one attached hydrogen (secondary N) is 3. The van der Waals surface area contributed by atoms with Crippen LogP contribution in [-0.2, 0) is 20.8 Å². The Hall–Kier alpha value is -3.97. The molecule has 39 heavy (non-hydrogen) atoms. The molecule has 204 valence electrons. The first-order chi connectivity index (χ1) is 18.7. The highest BCUT2D eigenvalue weighted by molar-refractivity contribution is 5.92. The number of rotatable bonds is 10. The van der Waals surface area contributed by atoms with Gasteiger partial charge >= 0.3 is 0 Å². The van der Waals surface area contributed by atoms with Crippen LogP contribution in [0.5, 0.6) is 0 Å². The Morgan fingerprint density at radius 2 is 1.38 bits per heavy atom. The summed E-state index contributed by atoms with van der Waals surface area (Å²) in [6.07, 6.45) is 1.72. The van der Waals surface area contributed by atoms with E-state index in [0.29, 0.717) is 12.8 Å². The molecule has 0 saturated heterocycles. The lowest BCUT2D eigenvalue weighted by molar-refractivity contribution is -0.137. The molecule has 0 aliphatic heterocycles. The van der Waals surface area contributed by atoms with Crippen molar-refractivity contribution in [2.75, 3.05) is 0 Å². The van der Waals surface area contributed by atoms with Gasteiger partial charge in [0, 0.05) is 12.3 Å². The number of carbonyl (C=O) groups is 3. The van der Waals surface area contributed by atoms with E-state index in [1.807, 2.05) is 87.5 Å². The lowest BCUT2D eigenvalue weighted by atomic mass is 9.84. The molecule has 4 N–H and O–H groups in total. The molecule has 0 saturated carbocycles. The molecule has 0 aromatic heterocycles. The molecule has 0 fully saturated rings. The number of benzene rings is 3. The number of aryl methyl sites for hydroxylation is 1. The van der Waals surface area contributed by atoms with Gasteiger partial charge in [0.05, 0.1) is 6.04 Å². The fourth-order valence-corrected chi connectivity index (χ4v) is 5.26. The topological polar surface area (TPSA) is 108 Å². The molecule has 0 bridgehead atoms. The number of amides is 3. The molecule has 3 amide bonds. The highest BCUT2D eigenvalue weighted by Crippen LogP contribution is 2.43. The summed E-state index contributed by atoms with van der Waals surface area (Å²) in [5.74, 6) is -1.99. The number of fused-ring (bicyclic) bond motifs is 3. The van der Waals surface area contributed by atoms with E-state index in [0.717, 1.165) is 34.2 Å². The summed E-state index contributed by atoms with van der Waals surface area (Å²) in [5, 5.41) is 15.2. The second-order valence-electron chi connectivity index (χ2n) is 11.2. The fraction of sp³-hybridized carbons (Fsp3) is 0.344. The lowest BCUT2D eigenvalue weighted by Crippen LogP contribution is -2.55. The van der Waals surface area contributed by atoms with Gasteiger partial charge in [0.15, 0.2) is 0 Å². The van der Waals surface area contributed by atoms with Crippen LogP contribution >= 0.6 is 0 Å². The van der Waals surface area contributed by atoms with E-state index in [4.69, 9.17) is 5.21 Å². The van der Waals surface area contributed by atoms with Gasteiger partial charge in [-0.05, 0) is 52.5 Å². The van der Waals surface area contributed by atoms with Crippen LogP contribution in [0.3, 0.4) is 0 Å². The quantitative estimate of drug-likeness (QED) is 0.221. The van der Waals surface area contributed by atoms with Crippen molar-refractivity contribution < 1.29 is 19.6 Å². The molecule has 7 heteroatoms. The van der Waals surface area contributed by atoms with Crippen molar-refractivity contribution in [2.45, 2.75) is 58.5 Å². The Kier molecular flexibility index (Phi) is 8.82. The number of hydrogen-bond acceptors (Lipinski definition) is 4. The van der Waals surface area contributed by atoms with Crippen molar-refractivity contribution >= 4 is 17.7 Å². The first-order valence-corrected chi connectivity index (χ1v) is 13.4. The maximum absolute atomic E-state index is 13.8. The van der Waals surface area contributed by atoms with E-state index in [-0.39, 0.29) is 24.3 Å². The normalized spacial score (nSPS) is 14.1. The van der Waals surface area contributed by atoms with E-state index >= 15 is 0 Å². The maximum atomic E-state index is 13.8. The Balaban J connectivity index is 1.50. The molecule has 0 radical (unpaired) electrons. The Bertz CT molecular complexity index is 1270. The standard InChI is InChI=1S/C32H37N3O4/c1-32(2,3)29(31(38)33-28-25-18-9-7-16-23(25)24-17-8-10-19-26(24)28)34-30(37)22(20-27(36)35-39)15-11-14-21-12-5-4-6-13-21/h4-10,12-13,16-19,22,28-29,39H,11,14-15,20H2,1-3H3,(H,33,38)(H,34,37)(H,35,36)/t22-,29-/m1/s1. The van der Waals surface area contributed by atoms with Crippen LogP contribution < -0.4 is 16.1 Å². The Morgan fingerprint density at radius 3 is 1.95 bits per heavy atom. The van der Waals surface area contributed by atoms with Crippen molar-refractivity contribution in [3.63, 3.8) is 0 Å². The number of carbonyl (C=O) groups excluding carboxylic acids is 3. The smallest absolute Gasteiger partial charge is 0.244 e. The summed E-state index contributed by atoms with van der Waals surface area (Å²) in [6, 6.07) is 24.8. The molecule has 0 unspecified atom stereocenters. The second-order valence-corrected chi connectivity index (χ2v) is 11.2. The Labute approximate surface area is 230 Å². The maximum Gasteiger partial charge on any atom is 0.244 e. The minimum Gasteiger partial charge on any atom is -0.344 e. The van der Waals surface area contributed by atoms with E-state index in [2.05, 4.69) is 22.8 Å². The van der Waals surface area contributed by atoms with Crippen molar-refractivity contribution in [1.82, 2.24) is 16.1 Å². The third-order valence-corrected chi connectivity index (χ3v) is 7.32. The van der Waals surface area contributed by atoms with Gasteiger partial charge in [0.1, 0.15) is 6.04 Å². The van der Waals surface area contributed by atoms with Crippen LogP contribution in [0.4, 0.5) is 0 Å². The van der Waals surface area contributed by atoms with E-state index in [1.54, 1.807) is 5.48 Å². The number of hydrogen-bond donors (Lipinski definition) is 4. The third kappa shape index (κ3) is 6.73. The summed E-state index contributed by atoms with van der Waals surface area (Å²) >= 11 is 0. The average molecular weight is 528 g/mol. The van der Waals surface area contributed by atoms with Crippen LogP contribution in [-0.4, -0.2) is 29.0 Å². The second kappa shape index (κ2) is 12.3. The molecule has 3 aromatic rings. The van der Waals surface area contributed by atoms with Crippen molar-refractivity contribution in [3.05, 3.63) is 95.6 Å². The zero-order valence-corrected chi connectivity index (χ0v) is 22.7. The van der Waals surface area contributed by atoms with E-state index in [9.17, 15) is 14.4 Å². The Morgan fingerprint density at radius 1 is 0.821 bits per heavy atom. The van der Waals surface area contributed by atoms with Gasteiger partial charge in [0.25, 0.3) is 0 Å². The minimum atomic E-state index is -0.835. The average Bonchev–Trinajstić information content (AvgIpc) is 3.24. The van der Waals surface area contributed by atoms with E-state index < -0.39 is 23.3 Å². The first-order valence-electron chi connectivity index (χ1n) is 13.4. The molecular weight excluding hydrogens is 490 g/mol. The largest absolute Gasteiger partial charge is 0.344 e. The minimum absolute atomic E-state index is 0.168. The molecular formula is C32H37N3O4. The highest BCUT2D eigenvalue weighted by Gasteiger charge is 2.38. The van der Waals surface area contributed by atoms with Crippen LogP contribution in [0.25, 0.3) is 11.1 Å². The van der Waals surface area contributed by atoms with Crippen molar-refractivity contribution in [3.8, 4) is 11.1 Å². The van der Waals surface area contributed by atoms with Gasteiger partial charge in [-0.3, -0.25) is 19.6 Å². The highest BCUT2D eigenvalue weighted by atomic mass is 16.5. The van der Waals surface area contributed by atoms with Gasteiger partial charge in [-0.15, -0.1) is 0 Å². The van der Waals surface area contributed by atoms with Gasteiger partial charge < -0.3 is 10.6 Å². The van der Waals surface area contributed by atoms with Gasteiger partial charge in [-0.2, -0.15) is 0 Å². The monoisotopic (exact) mass is 527 g/mol. The predicted octanol–water partition coefficient (Wildman–Crippen LogP) is 4.94. The summed E-state index contributed by atoms with van der Waals surface area (Å²) in [6.45, 7) is 5.71. The van der Waals surface area contributed by atoms with Gasteiger partial charge in [0.2, 0.25) is 17.7 Å². The predicted molar refractivity (Wildman–Crippen MR) is 151 cm³/mol. The molecule has 2 atom stereocenters. The van der Waals surface area contributed by atoms with Gasteiger partial charge in [-0.25, -0.2) is 5.48 Å². The lowest BCUT2D eigenvalue weighted by Gasteiger charge is -2.33. The molecule has 1 aliphatic rings. The summed E-state index contributed by atoms with van der Waals surface area (Å²) in [5.41, 5.74) is 6.40. The molecule has 0 heterocycles. The van der Waals surface area contributed by atoms with Gasteiger partial charge in [-0.1, -0.05) is 99.6 Å². The summed E-state index contributed by atoms with van der Waals surface area (Å²) in [7, 11) is 0. The molecule has 7 nitrogen and oxygen atoms in total. The zero-order valence-electron chi connectivity index (χ0n) is 22.7. The van der Waals surface area contributed by atoms with Crippen LogP contribution in [0.15, 0.2) is 78.9 Å². The van der Waals surface area contributed by atoms with Crippen molar-refractivity contribution in [1.29, 1.82) is 0 Å². The summed E-state index contributed by atoms with van der Waals surface area (Å²) in [4.78, 5) is 39.3. The zero-order chi connectivity index (χ0) is 28.0. The van der Waals surface area contributed by atoms with Crippen LogP contribution in [0.2, 0.25) is 0 Å². The molecule has 3 aromatic carbocycles. The number of hydroxylamine groups is 1. The molecule has 1 aliphatic carbocycles. The summed E-state index contributed by atoms with van der Waals surface area (Å²) < 4.78 is 0. The molecule has 4 rings (SSSR count).